The number of rotatable bonds is 4. The third-order valence-electron chi connectivity index (χ3n) is 3.40. The lowest BCUT2D eigenvalue weighted by Gasteiger charge is -2.37. The number of likely N-dealkylation sites (N-methyl/N-ethyl adjacent to an activating group) is 1. The number of hydrogen-bond acceptors (Lipinski definition) is 3. The monoisotopic (exact) mass is 200 g/mol. The van der Waals surface area contributed by atoms with Crippen LogP contribution in [0, 0.1) is 0 Å². The molecule has 0 aromatic heterocycles. The Kier molecular flexibility index (Phi) is 4.35. The zero-order valence-corrected chi connectivity index (χ0v) is 9.50. The third kappa shape index (κ3) is 3.23. The van der Waals surface area contributed by atoms with Gasteiger partial charge in [0.2, 0.25) is 0 Å². The van der Waals surface area contributed by atoms with E-state index < -0.39 is 5.60 Å². The Morgan fingerprint density at radius 2 is 1.86 bits per heavy atom. The molecular weight excluding hydrogens is 176 g/mol. The molecule has 0 radical (unpaired) electrons. The van der Waals surface area contributed by atoms with Crippen LogP contribution < -0.4 is 5.73 Å². The van der Waals surface area contributed by atoms with Gasteiger partial charge in [0.15, 0.2) is 0 Å². The fourth-order valence-electron chi connectivity index (χ4n) is 2.33. The summed E-state index contributed by atoms with van der Waals surface area (Å²) in [6.07, 6.45) is 6.35. The number of nitrogens with zero attached hydrogens (tertiary/aromatic N) is 1. The summed E-state index contributed by atoms with van der Waals surface area (Å²) in [4.78, 5) is 2.12. The van der Waals surface area contributed by atoms with Crippen molar-refractivity contribution in [3.8, 4) is 0 Å². The van der Waals surface area contributed by atoms with Crippen molar-refractivity contribution in [2.24, 2.45) is 5.73 Å². The number of nitrogens with two attached hydrogens (primary N) is 1. The zero-order chi connectivity index (χ0) is 10.6. The maximum absolute atomic E-state index is 10.3. The van der Waals surface area contributed by atoms with Crippen LogP contribution in [0.3, 0.4) is 0 Å². The third-order valence-corrected chi connectivity index (χ3v) is 3.40. The molecule has 0 bridgehead atoms. The summed E-state index contributed by atoms with van der Waals surface area (Å²) in [5, 5.41) is 10.3. The second-order valence-corrected chi connectivity index (χ2v) is 4.84. The molecule has 1 unspecified atom stereocenters. The summed E-state index contributed by atoms with van der Waals surface area (Å²) in [6.45, 7) is 0.634. The lowest BCUT2D eigenvalue weighted by atomic mass is 9.80. The maximum Gasteiger partial charge on any atom is 0.0663 e. The van der Waals surface area contributed by atoms with E-state index in [1.54, 1.807) is 0 Å². The van der Waals surface area contributed by atoms with Crippen molar-refractivity contribution in [3.63, 3.8) is 0 Å². The highest BCUT2D eigenvalue weighted by Gasteiger charge is 2.32. The lowest BCUT2D eigenvalue weighted by molar-refractivity contribution is -0.0210. The SMILES string of the molecule is CN(C)C(CN)CC1(O)CCCCC1. The van der Waals surface area contributed by atoms with Crippen LogP contribution in [0.25, 0.3) is 0 Å². The van der Waals surface area contributed by atoms with Gasteiger partial charge >= 0.3 is 0 Å². The van der Waals surface area contributed by atoms with Gasteiger partial charge in [-0.05, 0) is 33.4 Å². The van der Waals surface area contributed by atoms with Gasteiger partial charge in [-0.1, -0.05) is 19.3 Å². The predicted molar refractivity (Wildman–Crippen MR) is 59.2 cm³/mol. The van der Waals surface area contributed by atoms with Crippen molar-refractivity contribution < 1.29 is 5.11 Å². The first-order chi connectivity index (χ1) is 6.57. The summed E-state index contributed by atoms with van der Waals surface area (Å²) < 4.78 is 0. The number of hydrogen-bond donors (Lipinski definition) is 2. The molecule has 1 fully saturated rings. The van der Waals surface area contributed by atoms with Crippen molar-refractivity contribution in [1.82, 2.24) is 4.90 Å². The average Bonchev–Trinajstić information content (AvgIpc) is 2.15. The first kappa shape index (κ1) is 12.0. The van der Waals surface area contributed by atoms with Crippen LogP contribution in [0.15, 0.2) is 0 Å². The van der Waals surface area contributed by atoms with Crippen molar-refractivity contribution in [1.29, 1.82) is 0 Å². The fraction of sp³-hybridized carbons (Fsp3) is 1.00. The molecular formula is C11H24N2O. The Morgan fingerprint density at radius 1 is 1.29 bits per heavy atom. The molecule has 3 heteroatoms. The molecule has 3 N–H and O–H groups in total. The van der Waals surface area contributed by atoms with E-state index in [0.717, 1.165) is 19.3 Å². The molecule has 14 heavy (non-hydrogen) atoms. The van der Waals surface area contributed by atoms with Crippen molar-refractivity contribution in [2.45, 2.75) is 50.2 Å². The van der Waals surface area contributed by atoms with Gasteiger partial charge in [0.1, 0.15) is 0 Å². The Labute approximate surface area is 87.3 Å². The Balaban J connectivity index is 2.46. The van der Waals surface area contributed by atoms with E-state index in [1.165, 1.54) is 19.3 Å². The van der Waals surface area contributed by atoms with Crippen molar-refractivity contribution >= 4 is 0 Å². The first-order valence-corrected chi connectivity index (χ1v) is 5.66. The molecule has 1 rings (SSSR count). The second kappa shape index (κ2) is 5.10. The molecule has 84 valence electrons. The van der Waals surface area contributed by atoms with Crippen LogP contribution in [-0.2, 0) is 0 Å². The van der Waals surface area contributed by atoms with Crippen molar-refractivity contribution in [3.05, 3.63) is 0 Å². The molecule has 0 aromatic rings. The maximum atomic E-state index is 10.3. The molecule has 1 atom stereocenters. The van der Waals surface area contributed by atoms with Gasteiger partial charge in [-0.15, -0.1) is 0 Å². The van der Waals surface area contributed by atoms with Crippen molar-refractivity contribution in [2.75, 3.05) is 20.6 Å². The van der Waals surface area contributed by atoms with Gasteiger partial charge in [-0.2, -0.15) is 0 Å². The van der Waals surface area contributed by atoms with Gasteiger partial charge < -0.3 is 15.7 Å². The van der Waals surface area contributed by atoms with E-state index in [2.05, 4.69) is 4.90 Å². The van der Waals surface area contributed by atoms with E-state index in [9.17, 15) is 5.11 Å². The fourth-order valence-corrected chi connectivity index (χ4v) is 2.33. The number of aliphatic hydroxyl groups is 1. The highest BCUT2D eigenvalue weighted by atomic mass is 16.3. The van der Waals surface area contributed by atoms with Gasteiger partial charge in [-0.3, -0.25) is 0 Å². The molecule has 0 aliphatic heterocycles. The smallest absolute Gasteiger partial charge is 0.0663 e. The summed E-state index contributed by atoms with van der Waals surface area (Å²) >= 11 is 0. The minimum absolute atomic E-state index is 0.318. The summed E-state index contributed by atoms with van der Waals surface area (Å²) in [5.41, 5.74) is 5.26. The lowest BCUT2D eigenvalue weighted by Crippen LogP contribution is -2.44. The Bertz CT molecular complexity index is 165. The molecule has 1 aliphatic rings. The van der Waals surface area contributed by atoms with Gasteiger partial charge in [0.25, 0.3) is 0 Å². The molecule has 1 aliphatic carbocycles. The van der Waals surface area contributed by atoms with Gasteiger partial charge in [0.05, 0.1) is 5.60 Å². The van der Waals surface area contributed by atoms with E-state index in [0.29, 0.717) is 12.6 Å². The van der Waals surface area contributed by atoms with E-state index >= 15 is 0 Å². The molecule has 0 heterocycles. The summed E-state index contributed by atoms with van der Waals surface area (Å²) in [5.74, 6) is 0. The minimum atomic E-state index is -0.438. The molecule has 1 saturated carbocycles. The zero-order valence-electron chi connectivity index (χ0n) is 9.50. The van der Waals surface area contributed by atoms with Crippen LogP contribution in [0.2, 0.25) is 0 Å². The van der Waals surface area contributed by atoms with Crippen LogP contribution in [-0.4, -0.2) is 42.3 Å². The quantitative estimate of drug-likeness (QED) is 0.710. The molecule has 3 nitrogen and oxygen atoms in total. The Morgan fingerprint density at radius 3 is 2.29 bits per heavy atom. The van der Waals surface area contributed by atoms with Crippen LogP contribution in [0.5, 0.6) is 0 Å². The topological polar surface area (TPSA) is 49.5 Å². The molecule has 0 spiro atoms. The largest absolute Gasteiger partial charge is 0.390 e. The second-order valence-electron chi connectivity index (χ2n) is 4.84. The van der Waals surface area contributed by atoms with Gasteiger partial charge in [0, 0.05) is 12.6 Å². The first-order valence-electron chi connectivity index (χ1n) is 5.66. The minimum Gasteiger partial charge on any atom is -0.390 e. The Hall–Kier alpha value is -0.120. The molecule has 0 aromatic carbocycles. The highest BCUT2D eigenvalue weighted by Crippen LogP contribution is 2.32. The average molecular weight is 200 g/mol. The summed E-state index contributed by atoms with van der Waals surface area (Å²) in [6, 6.07) is 0.318. The van der Waals surface area contributed by atoms with Crippen LogP contribution >= 0.6 is 0 Å². The molecule has 0 amide bonds. The summed E-state index contributed by atoms with van der Waals surface area (Å²) in [7, 11) is 4.06. The van der Waals surface area contributed by atoms with Crippen LogP contribution in [0.4, 0.5) is 0 Å². The van der Waals surface area contributed by atoms with Gasteiger partial charge in [-0.25, -0.2) is 0 Å². The normalized spacial score (nSPS) is 23.8. The highest BCUT2D eigenvalue weighted by molar-refractivity contribution is 4.87. The van der Waals surface area contributed by atoms with Crippen LogP contribution in [0.1, 0.15) is 38.5 Å². The van der Waals surface area contributed by atoms with E-state index in [-0.39, 0.29) is 0 Å². The standard InChI is InChI=1S/C11H24N2O/c1-13(2)10(9-12)8-11(14)6-4-3-5-7-11/h10,14H,3-9,12H2,1-2H3. The predicted octanol–water partition coefficient (Wildman–Crippen LogP) is 0.961. The van der Waals surface area contributed by atoms with E-state index in [4.69, 9.17) is 5.73 Å². The molecule has 0 saturated heterocycles. The van der Waals surface area contributed by atoms with E-state index in [1.807, 2.05) is 14.1 Å².